The minimum Gasteiger partial charge on any atom is -0.314 e. The molecule has 3 rings (SSSR count). The first-order valence-electron chi connectivity index (χ1n) is 7.88. The highest BCUT2D eigenvalue weighted by Crippen LogP contribution is 2.27. The van der Waals surface area contributed by atoms with Crippen LogP contribution in [0.2, 0.25) is 0 Å². The Balaban J connectivity index is 1.45. The van der Waals surface area contributed by atoms with E-state index in [0.717, 1.165) is 23.9 Å². The second-order valence-electron chi connectivity index (χ2n) is 6.93. The quantitative estimate of drug-likeness (QED) is 0.815. The van der Waals surface area contributed by atoms with Crippen LogP contribution in [0, 0.1) is 11.8 Å². The average Bonchev–Trinajstić information content (AvgIpc) is 3.05. The number of likely N-dealkylation sites (tertiary alicyclic amines) is 2. The summed E-state index contributed by atoms with van der Waals surface area (Å²) in [7, 11) is 2.26. The maximum absolute atomic E-state index is 3.71. The fourth-order valence-corrected chi connectivity index (χ4v) is 3.84. The predicted octanol–water partition coefficient (Wildman–Crippen LogP) is 1.40. The molecule has 104 valence electrons. The van der Waals surface area contributed by atoms with Gasteiger partial charge in [0.1, 0.15) is 0 Å². The molecule has 3 aliphatic rings. The van der Waals surface area contributed by atoms with Crippen LogP contribution < -0.4 is 5.32 Å². The largest absolute Gasteiger partial charge is 0.314 e. The summed E-state index contributed by atoms with van der Waals surface area (Å²) in [6.45, 7) is 8.97. The Morgan fingerprint density at radius 3 is 2.61 bits per heavy atom. The lowest BCUT2D eigenvalue weighted by molar-refractivity contribution is 0.0899. The highest BCUT2D eigenvalue weighted by atomic mass is 15.2. The van der Waals surface area contributed by atoms with Gasteiger partial charge in [-0.2, -0.15) is 0 Å². The second kappa shape index (κ2) is 5.48. The molecule has 3 unspecified atom stereocenters. The first-order chi connectivity index (χ1) is 8.72. The van der Waals surface area contributed by atoms with E-state index in [-0.39, 0.29) is 0 Å². The molecular formula is C15H29N3. The summed E-state index contributed by atoms with van der Waals surface area (Å²) in [4.78, 5) is 5.28. The zero-order valence-corrected chi connectivity index (χ0v) is 12.1. The van der Waals surface area contributed by atoms with Gasteiger partial charge in [-0.1, -0.05) is 6.92 Å². The van der Waals surface area contributed by atoms with Crippen LogP contribution in [0.4, 0.5) is 0 Å². The molecule has 0 spiro atoms. The van der Waals surface area contributed by atoms with Gasteiger partial charge in [-0.3, -0.25) is 4.90 Å². The fourth-order valence-electron chi connectivity index (χ4n) is 3.84. The number of hydrogen-bond acceptors (Lipinski definition) is 3. The zero-order chi connectivity index (χ0) is 12.5. The van der Waals surface area contributed by atoms with E-state index < -0.39 is 0 Å². The number of piperidine rings is 1. The van der Waals surface area contributed by atoms with Crippen LogP contribution in [0.15, 0.2) is 0 Å². The van der Waals surface area contributed by atoms with Gasteiger partial charge < -0.3 is 10.2 Å². The third-order valence-corrected chi connectivity index (χ3v) is 5.12. The normalized spacial score (nSPS) is 39.3. The molecule has 3 fully saturated rings. The summed E-state index contributed by atoms with van der Waals surface area (Å²) in [5, 5.41) is 3.71. The van der Waals surface area contributed by atoms with Gasteiger partial charge in [-0.05, 0) is 64.2 Å². The smallest absolute Gasteiger partial charge is 0.0145 e. The van der Waals surface area contributed by atoms with E-state index in [2.05, 4.69) is 29.1 Å². The molecule has 0 aromatic rings. The lowest BCUT2D eigenvalue weighted by atomic mass is 9.93. The Hall–Kier alpha value is -0.120. The average molecular weight is 251 g/mol. The van der Waals surface area contributed by atoms with Crippen molar-refractivity contribution in [2.75, 3.05) is 39.8 Å². The van der Waals surface area contributed by atoms with E-state index in [1.165, 1.54) is 58.4 Å². The standard InChI is InChI=1S/C15H29N3/c1-12-10-17(2)7-6-15(12)18-8-5-13(11-18)9-16-14-3-4-14/h12-16H,3-11H2,1-2H3. The molecule has 18 heavy (non-hydrogen) atoms. The summed E-state index contributed by atoms with van der Waals surface area (Å²) < 4.78 is 0. The molecule has 0 aromatic carbocycles. The van der Waals surface area contributed by atoms with Gasteiger partial charge >= 0.3 is 0 Å². The van der Waals surface area contributed by atoms with E-state index in [1.54, 1.807) is 0 Å². The number of nitrogens with zero attached hydrogens (tertiary/aromatic N) is 2. The first-order valence-corrected chi connectivity index (χ1v) is 7.88. The summed E-state index contributed by atoms with van der Waals surface area (Å²) in [6.07, 6.45) is 5.63. The highest BCUT2D eigenvalue weighted by molar-refractivity contribution is 4.90. The van der Waals surface area contributed by atoms with Crippen molar-refractivity contribution in [2.45, 2.75) is 44.7 Å². The Morgan fingerprint density at radius 2 is 1.89 bits per heavy atom. The Morgan fingerprint density at radius 1 is 1.06 bits per heavy atom. The summed E-state index contributed by atoms with van der Waals surface area (Å²) >= 11 is 0. The Labute approximate surface area is 112 Å². The lowest BCUT2D eigenvalue weighted by Gasteiger charge is -2.40. The monoisotopic (exact) mass is 251 g/mol. The van der Waals surface area contributed by atoms with Crippen molar-refractivity contribution in [3.8, 4) is 0 Å². The highest BCUT2D eigenvalue weighted by Gasteiger charge is 2.34. The second-order valence-corrected chi connectivity index (χ2v) is 6.93. The molecule has 1 N–H and O–H groups in total. The molecular weight excluding hydrogens is 222 g/mol. The van der Waals surface area contributed by atoms with Gasteiger partial charge in [0.05, 0.1) is 0 Å². The SMILES string of the molecule is CC1CN(C)CCC1N1CCC(CNC2CC2)C1. The third kappa shape index (κ3) is 3.06. The van der Waals surface area contributed by atoms with Crippen molar-refractivity contribution in [1.82, 2.24) is 15.1 Å². The van der Waals surface area contributed by atoms with Crippen LogP contribution in [0.25, 0.3) is 0 Å². The molecule has 0 bridgehead atoms. The Bertz CT molecular complexity index is 277. The molecule has 3 nitrogen and oxygen atoms in total. The number of rotatable bonds is 4. The van der Waals surface area contributed by atoms with Crippen molar-refractivity contribution in [3.63, 3.8) is 0 Å². The molecule has 1 aliphatic carbocycles. The van der Waals surface area contributed by atoms with E-state index in [1.807, 2.05) is 0 Å². The third-order valence-electron chi connectivity index (χ3n) is 5.12. The minimum atomic E-state index is 0.846. The van der Waals surface area contributed by atoms with Crippen molar-refractivity contribution >= 4 is 0 Å². The van der Waals surface area contributed by atoms with Crippen LogP contribution in [0.3, 0.4) is 0 Å². The molecule has 0 radical (unpaired) electrons. The molecule has 2 aliphatic heterocycles. The first kappa shape index (κ1) is 12.9. The van der Waals surface area contributed by atoms with Crippen molar-refractivity contribution in [3.05, 3.63) is 0 Å². The van der Waals surface area contributed by atoms with Gasteiger partial charge in [-0.15, -0.1) is 0 Å². The van der Waals surface area contributed by atoms with Crippen molar-refractivity contribution in [1.29, 1.82) is 0 Å². The molecule has 0 amide bonds. The summed E-state index contributed by atoms with van der Waals surface area (Å²) in [5.74, 6) is 1.76. The van der Waals surface area contributed by atoms with Crippen LogP contribution in [-0.2, 0) is 0 Å². The van der Waals surface area contributed by atoms with Crippen LogP contribution in [0.5, 0.6) is 0 Å². The molecule has 1 saturated carbocycles. The van der Waals surface area contributed by atoms with E-state index in [4.69, 9.17) is 0 Å². The van der Waals surface area contributed by atoms with E-state index in [9.17, 15) is 0 Å². The fraction of sp³-hybridized carbons (Fsp3) is 1.00. The molecule has 3 heteroatoms. The van der Waals surface area contributed by atoms with E-state index >= 15 is 0 Å². The van der Waals surface area contributed by atoms with Crippen LogP contribution in [-0.4, -0.2) is 61.7 Å². The van der Waals surface area contributed by atoms with Crippen LogP contribution in [0.1, 0.15) is 32.6 Å². The zero-order valence-electron chi connectivity index (χ0n) is 12.1. The van der Waals surface area contributed by atoms with Gasteiger partial charge in [0.15, 0.2) is 0 Å². The maximum Gasteiger partial charge on any atom is 0.0145 e. The number of hydrogen-bond donors (Lipinski definition) is 1. The summed E-state index contributed by atoms with van der Waals surface area (Å²) in [6, 6.07) is 1.73. The minimum absolute atomic E-state index is 0.846. The van der Waals surface area contributed by atoms with Crippen molar-refractivity contribution < 1.29 is 0 Å². The van der Waals surface area contributed by atoms with Gasteiger partial charge in [0, 0.05) is 25.2 Å². The van der Waals surface area contributed by atoms with Gasteiger partial charge in [-0.25, -0.2) is 0 Å². The summed E-state index contributed by atoms with van der Waals surface area (Å²) in [5.41, 5.74) is 0. The number of nitrogens with one attached hydrogen (secondary N) is 1. The maximum atomic E-state index is 3.71. The predicted molar refractivity (Wildman–Crippen MR) is 75.8 cm³/mol. The van der Waals surface area contributed by atoms with Crippen molar-refractivity contribution in [2.24, 2.45) is 11.8 Å². The van der Waals surface area contributed by atoms with Gasteiger partial charge in [0.2, 0.25) is 0 Å². The molecule has 2 heterocycles. The van der Waals surface area contributed by atoms with E-state index in [0.29, 0.717) is 0 Å². The molecule has 2 saturated heterocycles. The topological polar surface area (TPSA) is 18.5 Å². The van der Waals surface area contributed by atoms with Crippen LogP contribution >= 0.6 is 0 Å². The Kier molecular flexibility index (Phi) is 3.92. The molecule has 3 atom stereocenters. The molecule has 0 aromatic heterocycles. The van der Waals surface area contributed by atoms with Gasteiger partial charge in [0.25, 0.3) is 0 Å². The lowest BCUT2D eigenvalue weighted by Crippen LogP contribution is -2.48.